The van der Waals surface area contributed by atoms with Gasteiger partial charge >= 0.3 is 11.7 Å². The largest absolute Gasteiger partial charge is 0.450 e. The van der Waals surface area contributed by atoms with Crippen LogP contribution in [0.5, 0.6) is 11.5 Å². The summed E-state index contributed by atoms with van der Waals surface area (Å²) in [5.74, 6) is -0.456. The summed E-state index contributed by atoms with van der Waals surface area (Å²) >= 11 is 5.87. The van der Waals surface area contributed by atoms with Gasteiger partial charge < -0.3 is 9.47 Å². The lowest BCUT2D eigenvalue weighted by molar-refractivity contribution is -0.394. The molecule has 0 saturated heterocycles. The molecule has 1 aliphatic rings. The van der Waals surface area contributed by atoms with Crippen LogP contribution in [0.25, 0.3) is 6.08 Å². The molecule has 0 unspecified atom stereocenters. The van der Waals surface area contributed by atoms with Gasteiger partial charge in [-0.05, 0) is 54.1 Å². The topological polar surface area (TPSA) is 134 Å². The number of nitrogens with zero attached hydrogens (tertiary/aromatic N) is 3. The molecule has 0 spiro atoms. The lowest BCUT2D eigenvalue weighted by atomic mass is 10.2. The second-order valence-corrected chi connectivity index (χ2v) is 7.12. The molecule has 0 aromatic heterocycles. The number of nitro benzene ring substituents is 2. The molecule has 11 heteroatoms. The SMILES string of the molecule is O=C1OC(c2ccc(Cl)cc2)=N/C1=C\c1cccc(Oc2ccc([N+](=O)[O-])cc2[N+](=O)[O-])c1. The van der Waals surface area contributed by atoms with Crippen LogP contribution in [-0.2, 0) is 9.53 Å². The lowest BCUT2D eigenvalue weighted by Crippen LogP contribution is -2.05. The minimum Gasteiger partial charge on any atom is -0.450 e. The summed E-state index contributed by atoms with van der Waals surface area (Å²) in [5, 5.41) is 22.7. The van der Waals surface area contributed by atoms with Gasteiger partial charge in [-0.2, -0.15) is 0 Å². The molecule has 4 rings (SSSR count). The van der Waals surface area contributed by atoms with Crippen molar-refractivity contribution in [1.82, 2.24) is 0 Å². The number of hydrogen-bond donors (Lipinski definition) is 0. The summed E-state index contributed by atoms with van der Waals surface area (Å²) in [4.78, 5) is 37.1. The maximum absolute atomic E-state index is 12.2. The van der Waals surface area contributed by atoms with E-state index in [1.807, 2.05) is 0 Å². The fourth-order valence-electron chi connectivity index (χ4n) is 2.93. The van der Waals surface area contributed by atoms with Crippen molar-refractivity contribution in [3.63, 3.8) is 0 Å². The standard InChI is InChI=1S/C22H12ClN3O7/c23-15-6-4-14(5-7-15)21-24-18(22(27)33-21)11-13-2-1-3-17(10-13)32-20-9-8-16(25(28)29)12-19(20)26(30)31/h1-12H/b18-11-. The van der Waals surface area contributed by atoms with E-state index in [4.69, 9.17) is 21.1 Å². The van der Waals surface area contributed by atoms with E-state index < -0.39 is 27.2 Å². The van der Waals surface area contributed by atoms with Crippen LogP contribution in [0.4, 0.5) is 11.4 Å². The second kappa shape index (κ2) is 8.89. The summed E-state index contributed by atoms with van der Waals surface area (Å²) < 4.78 is 10.8. The van der Waals surface area contributed by atoms with E-state index in [0.29, 0.717) is 16.1 Å². The van der Waals surface area contributed by atoms with Crippen LogP contribution in [0, 0.1) is 20.2 Å². The Hall–Kier alpha value is -4.57. The van der Waals surface area contributed by atoms with Gasteiger partial charge in [-0.25, -0.2) is 9.79 Å². The van der Waals surface area contributed by atoms with Crippen molar-refractivity contribution in [1.29, 1.82) is 0 Å². The highest BCUT2D eigenvalue weighted by molar-refractivity contribution is 6.30. The normalized spacial score (nSPS) is 14.0. The van der Waals surface area contributed by atoms with Gasteiger partial charge in [0.25, 0.3) is 5.69 Å². The number of cyclic esters (lactones) is 1. The van der Waals surface area contributed by atoms with Gasteiger partial charge in [-0.15, -0.1) is 0 Å². The summed E-state index contributed by atoms with van der Waals surface area (Å²) in [5.41, 5.74) is 0.174. The van der Waals surface area contributed by atoms with E-state index >= 15 is 0 Å². The van der Waals surface area contributed by atoms with Gasteiger partial charge in [0.1, 0.15) is 5.75 Å². The number of nitro groups is 2. The molecular weight excluding hydrogens is 454 g/mol. The average Bonchev–Trinajstić information content (AvgIpc) is 3.14. The number of aliphatic imine (C=N–C) groups is 1. The minimum absolute atomic E-state index is 0.0541. The molecule has 1 aliphatic heterocycles. The highest BCUT2D eigenvalue weighted by atomic mass is 35.5. The van der Waals surface area contributed by atoms with E-state index in [2.05, 4.69) is 4.99 Å². The summed E-state index contributed by atoms with van der Waals surface area (Å²) in [6.07, 6.45) is 1.47. The molecule has 0 bridgehead atoms. The number of esters is 1. The number of non-ortho nitro benzene ring substituents is 1. The Morgan fingerprint density at radius 2 is 1.73 bits per heavy atom. The first-order valence-electron chi connectivity index (χ1n) is 9.29. The number of halogens is 1. The molecule has 164 valence electrons. The first kappa shape index (κ1) is 21.7. The van der Waals surface area contributed by atoms with Crippen LogP contribution in [-0.4, -0.2) is 21.7 Å². The zero-order valence-electron chi connectivity index (χ0n) is 16.5. The van der Waals surface area contributed by atoms with Crippen molar-refractivity contribution in [2.45, 2.75) is 0 Å². The van der Waals surface area contributed by atoms with Gasteiger partial charge in [0.2, 0.25) is 11.6 Å². The first-order valence-corrected chi connectivity index (χ1v) is 9.67. The smallest absolute Gasteiger partial charge is 0.363 e. The van der Waals surface area contributed by atoms with Crippen molar-refractivity contribution in [2.75, 3.05) is 0 Å². The number of carbonyl (C=O) groups excluding carboxylic acids is 1. The quantitative estimate of drug-likeness (QED) is 0.209. The monoisotopic (exact) mass is 465 g/mol. The molecule has 0 fully saturated rings. The van der Waals surface area contributed by atoms with E-state index in [1.54, 1.807) is 42.5 Å². The Morgan fingerprint density at radius 3 is 2.42 bits per heavy atom. The number of benzene rings is 3. The zero-order valence-corrected chi connectivity index (χ0v) is 17.3. The van der Waals surface area contributed by atoms with E-state index in [9.17, 15) is 25.0 Å². The molecule has 0 atom stereocenters. The Morgan fingerprint density at radius 1 is 0.970 bits per heavy atom. The van der Waals surface area contributed by atoms with Gasteiger partial charge in [0, 0.05) is 16.7 Å². The molecule has 0 saturated carbocycles. The predicted octanol–water partition coefficient (Wildman–Crippen LogP) is 5.29. The average molecular weight is 466 g/mol. The summed E-state index contributed by atoms with van der Waals surface area (Å²) in [7, 11) is 0. The van der Waals surface area contributed by atoms with Gasteiger partial charge in [0.05, 0.1) is 15.9 Å². The third-order valence-corrected chi connectivity index (χ3v) is 4.70. The number of rotatable bonds is 6. The van der Waals surface area contributed by atoms with Crippen molar-refractivity contribution < 1.29 is 24.1 Å². The first-order chi connectivity index (χ1) is 15.8. The van der Waals surface area contributed by atoms with Crippen LogP contribution >= 0.6 is 11.6 Å². The van der Waals surface area contributed by atoms with Crippen LogP contribution < -0.4 is 4.74 Å². The van der Waals surface area contributed by atoms with Crippen molar-refractivity contribution in [3.05, 3.63) is 109 Å². The van der Waals surface area contributed by atoms with Crippen LogP contribution in [0.3, 0.4) is 0 Å². The Balaban J connectivity index is 1.61. The maximum Gasteiger partial charge on any atom is 0.363 e. The fourth-order valence-corrected chi connectivity index (χ4v) is 3.05. The molecule has 33 heavy (non-hydrogen) atoms. The molecule has 0 amide bonds. The van der Waals surface area contributed by atoms with Gasteiger partial charge in [-0.1, -0.05) is 23.7 Å². The third-order valence-electron chi connectivity index (χ3n) is 4.45. The van der Waals surface area contributed by atoms with Gasteiger partial charge in [0.15, 0.2) is 5.70 Å². The maximum atomic E-state index is 12.2. The highest BCUT2D eigenvalue weighted by Crippen LogP contribution is 2.34. The lowest BCUT2D eigenvalue weighted by Gasteiger charge is -2.07. The fraction of sp³-hybridized carbons (Fsp3) is 0. The Labute approximate surface area is 190 Å². The second-order valence-electron chi connectivity index (χ2n) is 6.68. The molecule has 0 aliphatic carbocycles. The van der Waals surface area contributed by atoms with E-state index in [1.165, 1.54) is 12.1 Å². The Kier molecular flexibility index (Phi) is 5.83. The van der Waals surface area contributed by atoms with Gasteiger partial charge in [-0.3, -0.25) is 20.2 Å². The molecule has 1 heterocycles. The van der Waals surface area contributed by atoms with Crippen LogP contribution in [0.15, 0.2) is 77.4 Å². The molecule has 3 aromatic carbocycles. The number of ether oxygens (including phenoxy) is 2. The van der Waals surface area contributed by atoms with Crippen LogP contribution in [0.2, 0.25) is 5.02 Å². The minimum atomic E-state index is -0.768. The predicted molar refractivity (Wildman–Crippen MR) is 118 cm³/mol. The zero-order chi connectivity index (χ0) is 23.5. The number of hydrogen-bond acceptors (Lipinski definition) is 8. The van der Waals surface area contributed by atoms with Crippen molar-refractivity contribution in [2.24, 2.45) is 4.99 Å². The molecule has 3 aromatic rings. The molecule has 10 nitrogen and oxygen atoms in total. The summed E-state index contributed by atoms with van der Waals surface area (Å²) in [6, 6.07) is 16.1. The molecular formula is C22H12ClN3O7. The van der Waals surface area contributed by atoms with Crippen molar-refractivity contribution in [3.8, 4) is 11.5 Å². The third kappa shape index (κ3) is 4.86. The van der Waals surface area contributed by atoms with Crippen LogP contribution in [0.1, 0.15) is 11.1 Å². The van der Waals surface area contributed by atoms with E-state index in [0.717, 1.165) is 18.2 Å². The molecule has 0 radical (unpaired) electrons. The Bertz CT molecular complexity index is 1350. The van der Waals surface area contributed by atoms with Crippen molar-refractivity contribution >= 4 is 40.9 Å². The van der Waals surface area contributed by atoms with E-state index in [-0.39, 0.29) is 23.1 Å². The highest BCUT2D eigenvalue weighted by Gasteiger charge is 2.24. The number of carbonyl (C=O) groups is 1. The summed E-state index contributed by atoms with van der Waals surface area (Å²) in [6.45, 7) is 0. The molecule has 0 N–H and O–H groups in total.